The van der Waals surface area contributed by atoms with Crippen LogP contribution >= 0.6 is 0 Å². The predicted molar refractivity (Wildman–Crippen MR) is 146 cm³/mol. The quantitative estimate of drug-likeness (QED) is 0.241. The van der Waals surface area contributed by atoms with Crippen molar-refractivity contribution in [1.29, 1.82) is 0 Å². The molecule has 0 aliphatic carbocycles. The number of methoxy groups -OCH3 is 1. The lowest BCUT2D eigenvalue weighted by molar-refractivity contribution is -0.159. The number of nitrogens with one attached hydrogen (secondary N) is 1. The number of piperidine rings is 1. The Morgan fingerprint density at radius 3 is 2.54 bits per heavy atom. The van der Waals surface area contributed by atoms with Crippen molar-refractivity contribution < 1.29 is 38.5 Å². The van der Waals surface area contributed by atoms with Gasteiger partial charge in [-0.05, 0) is 61.8 Å². The van der Waals surface area contributed by atoms with Crippen LogP contribution in [0.1, 0.15) is 30.1 Å². The third-order valence-corrected chi connectivity index (χ3v) is 7.08. The van der Waals surface area contributed by atoms with Gasteiger partial charge < -0.3 is 34.7 Å². The number of likely N-dealkylation sites (tertiary alicyclic amines) is 1. The minimum atomic E-state index is -1.82. The van der Waals surface area contributed by atoms with E-state index in [-0.39, 0.29) is 11.9 Å². The average Bonchev–Trinajstić information content (AvgIpc) is 3.23. The first-order valence-electron chi connectivity index (χ1n) is 12.9. The summed E-state index contributed by atoms with van der Waals surface area (Å²) in [5.74, 6) is -3.78. The number of β-amino-alcohol motifs (C(OH)–C–C–N with tert-alkyl or cyclic N) is 1. The van der Waals surface area contributed by atoms with Crippen molar-refractivity contribution in [2.45, 2.75) is 31.5 Å². The summed E-state index contributed by atoms with van der Waals surface area (Å²) in [5, 5.41) is 30.1. The van der Waals surface area contributed by atoms with Gasteiger partial charge in [0.1, 0.15) is 11.6 Å². The van der Waals surface area contributed by atoms with Crippen LogP contribution in [0.25, 0.3) is 22.0 Å². The zero-order valence-corrected chi connectivity index (χ0v) is 22.5. The molecule has 12 nitrogen and oxygen atoms in total. The zero-order valence-electron chi connectivity index (χ0n) is 22.5. The Kier molecular flexibility index (Phi) is 9.32. The first-order chi connectivity index (χ1) is 19.6. The molecule has 0 bridgehead atoms. The van der Waals surface area contributed by atoms with E-state index in [0.29, 0.717) is 29.8 Å². The summed E-state index contributed by atoms with van der Waals surface area (Å²) >= 11 is 0. The second kappa shape index (κ2) is 12.9. The standard InChI is InChI=1S/C26H29FN4O4.C2H2O4/c1-30-23-13-21(27)16(11-25(23)35-26(30)33)14-29-17-6-9-31(10-7-17)15-24(32)19-5-8-28-22-4-3-18(34-2)12-20(19)22;3-1(4)2(5)6/h3-5,8,11-13,17,24,29,32H,6-7,9-10,14-15H2,1-2H3;(H,3,4)(H,5,6)/t24-;/m0./s1. The second-order valence-corrected chi connectivity index (χ2v) is 9.70. The van der Waals surface area contributed by atoms with Crippen LogP contribution in [0.15, 0.2) is 51.8 Å². The number of rotatable bonds is 7. The number of fused-ring (bicyclic) bond motifs is 2. The number of nitrogens with zero attached hydrogens (tertiary/aromatic N) is 3. The number of pyridine rings is 1. The van der Waals surface area contributed by atoms with Crippen molar-refractivity contribution in [3.8, 4) is 5.75 Å². The number of ether oxygens (including phenoxy) is 1. The van der Waals surface area contributed by atoms with Crippen LogP contribution in [0.4, 0.5) is 4.39 Å². The predicted octanol–water partition coefficient (Wildman–Crippen LogP) is 2.27. The maximum atomic E-state index is 14.5. The van der Waals surface area contributed by atoms with Crippen LogP contribution in [-0.2, 0) is 23.2 Å². The van der Waals surface area contributed by atoms with Gasteiger partial charge in [-0.3, -0.25) is 9.55 Å². The van der Waals surface area contributed by atoms with Crippen LogP contribution in [0, 0.1) is 5.82 Å². The first kappa shape index (κ1) is 29.6. The topological polar surface area (TPSA) is 167 Å². The zero-order chi connectivity index (χ0) is 29.7. The molecule has 1 atom stereocenters. The number of halogens is 1. The van der Waals surface area contributed by atoms with Crippen LogP contribution in [0.3, 0.4) is 0 Å². The Bertz CT molecular complexity index is 1600. The summed E-state index contributed by atoms with van der Waals surface area (Å²) < 4.78 is 26.4. The van der Waals surface area contributed by atoms with E-state index < -0.39 is 23.8 Å². The lowest BCUT2D eigenvalue weighted by Gasteiger charge is -2.33. The molecular formula is C28H31FN4O8. The van der Waals surface area contributed by atoms with Gasteiger partial charge in [0, 0.05) is 49.4 Å². The molecule has 1 aliphatic heterocycles. The highest BCUT2D eigenvalue weighted by atomic mass is 19.1. The molecule has 4 aromatic rings. The number of hydrogen-bond acceptors (Lipinski definition) is 9. The van der Waals surface area contributed by atoms with E-state index in [1.54, 1.807) is 26.4 Å². The first-order valence-corrected chi connectivity index (χ1v) is 12.9. The van der Waals surface area contributed by atoms with Crippen LogP contribution in [0.2, 0.25) is 0 Å². The summed E-state index contributed by atoms with van der Waals surface area (Å²) in [6.45, 7) is 2.55. The number of aromatic nitrogens is 2. The number of benzene rings is 2. The molecule has 0 spiro atoms. The number of aliphatic hydroxyl groups excluding tert-OH is 1. The third-order valence-electron chi connectivity index (χ3n) is 7.08. The monoisotopic (exact) mass is 570 g/mol. The number of carbonyl (C=O) groups is 2. The smallest absolute Gasteiger partial charge is 0.419 e. The number of carboxylic acids is 2. The molecule has 1 aliphatic rings. The van der Waals surface area contributed by atoms with Gasteiger partial charge in [-0.2, -0.15) is 0 Å². The van der Waals surface area contributed by atoms with E-state index in [1.807, 2.05) is 24.3 Å². The van der Waals surface area contributed by atoms with Gasteiger partial charge in [-0.15, -0.1) is 0 Å². The van der Waals surface area contributed by atoms with Crippen molar-refractivity contribution in [3.63, 3.8) is 0 Å². The lowest BCUT2D eigenvalue weighted by Crippen LogP contribution is -2.43. The van der Waals surface area contributed by atoms with E-state index in [0.717, 1.165) is 48.1 Å². The number of aliphatic carboxylic acids is 2. The Morgan fingerprint density at radius 2 is 1.88 bits per heavy atom. The molecule has 0 unspecified atom stereocenters. The molecule has 2 aromatic heterocycles. The molecule has 218 valence electrons. The van der Waals surface area contributed by atoms with E-state index in [1.165, 1.54) is 10.6 Å². The number of aliphatic hydroxyl groups is 1. The number of aryl methyl sites for hydroxylation is 1. The van der Waals surface area contributed by atoms with Crippen molar-refractivity contribution in [2.24, 2.45) is 7.05 Å². The van der Waals surface area contributed by atoms with Gasteiger partial charge in [-0.1, -0.05) is 0 Å². The summed E-state index contributed by atoms with van der Waals surface area (Å²) in [6.07, 6.45) is 2.86. The Labute approximate surface area is 233 Å². The SMILES string of the molecule is COc1ccc2nccc([C@@H](O)CN3CCC(NCc4cc5oc(=O)n(C)c5cc4F)CC3)c2c1.O=C(O)C(=O)O. The van der Waals surface area contributed by atoms with Gasteiger partial charge in [0.05, 0.1) is 24.2 Å². The minimum Gasteiger partial charge on any atom is -0.497 e. The number of oxazole rings is 1. The van der Waals surface area contributed by atoms with Gasteiger partial charge >= 0.3 is 17.7 Å². The van der Waals surface area contributed by atoms with Crippen molar-refractivity contribution in [2.75, 3.05) is 26.7 Å². The van der Waals surface area contributed by atoms with Gasteiger partial charge in [0.15, 0.2) is 5.58 Å². The van der Waals surface area contributed by atoms with Gasteiger partial charge in [0.25, 0.3) is 0 Å². The van der Waals surface area contributed by atoms with Crippen molar-refractivity contribution in [1.82, 2.24) is 19.8 Å². The minimum absolute atomic E-state index is 0.243. The number of carboxylic acid groups (broad SMARTS) is 2. The summed E-state index contributed by atoms with van der Waals surface area (Å²) in [7, 11) is 3.18. The van der Waals surface area contributed by atoms with Crippen LogP contribution in [0.5, 0.6) is 5.75 Å². The van der Waals surface area contributed by atoms with E-state index in [2.05, 4.69) is 15.2 Å². The fourth-order valence-corrected chi connectivity index (χ4v) is 4.81. The molecule has 1 fully saturated rings. The highest BCUT2D eigenvalue weighted by molar-refractivity contribution is 6.27. The average molecular weight is 571 g/mol. The lowest BCUT2D eigenvalue weighted by atomic mass is 10.0. The Balaban J connectivity index is 0.000000585. The third kappa shape index (κ3) is 7.06. The molecule has 0 radical (unpaired) electrons. The summed E-state index contributed by atoms with van der Waals surface area (Å²) in [6, 6.07) is 10.7. The molecule has 0 amide bonds. The molecule has 0 saturated carbocycles. The van der Waals surface area contributed by atoms with Crippen molar-refractivity contribution >= 4 is 33.9 Å². The maximum Gasteiger partial charge on any atom is 0.419 e. The molecule has 4 N–H and O–H groups in total. The Hall–Kier alpha value is -4.33. The highest BCUT2D eigenvalue weighted by Crippen LogP contribution is 2.28. The van der Waals surface area contributed by atoms with E-state index >= 15 is 0 Å². The largest absolute Gasteiger partial charge is 0.497 e. The number of hydrogen-bond donors (Lipinski definition) is 4. The molecule has 13 heteroatoms. The normalized spacial score (nSPS) is 14.9. The van der Waals surface area contributed by atoms with Gasteiger partial charge in [0.2, 0.25) is 0 Å². The van der Waals surface area contributed by atoms with Crippen LogP contribution in [-0.4, -0.2) is 74.5 Å². The second-order valence-electron chi connectivity index (χ2n) is 9.70. The molecule has 3 heterocycles. The van der Waals surface area contributed by atoms with E-state index in [4.69, 9.17) is 29.0 Å². The fourth-order valence-electron chi connectivity index (χ4n) is 4.81. The summed E-state index contributed by atoms with van der Waals surface area (Å²) in [5.41, 5.74) is 2.98. The summed E-state index contributed by atoms with van der Waals surface area (Å²) in [4.78, 5) is 36.5. The maximum absolute atomic E-state index is 14.5. The van der Waals surface area contributed by atoms with Crippen molar-refractivity contribution in [3.05, 3.63) is 70.1 Å². The fraction of sp³-hybridized carbons (Fsp3) is 0.357. The van der Waals surface area contributed by atoms with E-state index in [9.17, 15) is 14.3 Å². The molecule has 1 saturated heterocycles. The molecule has 5 rings (SSSR count). The Morgan fingerprint density at radius 1 is 1.17 bits per heavy atom. The molecular weight excluding hydrogens is 539 g/mol. The van der Waals surface area contributed by atoms with Gasteiger partial charge in [-0.25, -0.2) is 18.8 Å². The molecule has 41 heavy (non-hydrogen) atoms. The van der Waals surface area contributed by atoms with Crippen LogP contribution < -0.4 is 15.8 Å². The molecule has 2 aromatic carbocycles. The highest BCUT2D eigenvalue weighted by Gasteiger charge is 2.23.